The zero-order chi connectivity index (χ0) is 24.4. The van der Waals surface area contributed by atoms with Gasteiger partial charge in [0.15, 0.2) is 11.4 Å². The topological polar surface area (TPSA) is 105 Å². The van der Waals surface area contributed by atoms with E-state index in [9.17, 15) is 4.79 Å². The van der Waals surface area contributed by atoms with Crippen molar-refractivity contribution >= 4 is 46.1 Å². The Balaban J connectivity index is 1.36. The predicted octanol–water partition coefficient (Wildman–Crippen LogP) is 4.32. The first kappa shape index (κ1) is 23.5. The molecular formula is C25H24ClN7OS. The number of nitrogens with one attached hydrogen (secondary N) is 3. The van der Waals surface area contributed by atoms with Crippen molar-refractivity contribution in [2.24, 2.45) is 0 Å². The van der Waals surface area contributed by atoms with Crippen LogP contribution in [0.25, 0.3) is 22.2 Å². The Morgan fingerprint density at radius 1 is 1.03 bits per heavy atom. The molecule has 0 aliphatic carbocycles. The highest BCUT2D eigenvalue weighted by atomic mass is 35.5. The van der Waals surface area contributed by atoms with Gasteiger partial charge in [-0.3, -0.25) is 10.1 Å². The summed E-state index contributed by atoms with van der Waals surface area (Å²) in [5.74, 6) is 1.01. The van der Waals surface area contributed by atoms with Gasteiger partial charge in [0.1, 0.15) is 0 Å². The molecule has 8 nitrogen and oxygen atoms in total. The lowest BCUT2D eigenvalue weighted by molar-refractivity contribution is -0.123. The highest BCUT2D eigenvalue weighted by molar-refractivity contribution is 7.99. The van der Waals surface area contributed by atoms with Gasteiger partial charge < -0.3 is 10.6 Å². The predicted molar refractivity (Wildman–Crippen MR) is 139 cm³/mol. The van der Waals surface area contributed by atoms with E-state index in [0.717, 1.165) is 33.5 Å². The van der Waals surface area contributed by atoms with Crippen molar-refractivity contribution < 1.29 is 4.79 Å². The fraction of sp³-hybridized carbons (Fsp3) is 0.240. The number of fused-ring (bicyclic) bond motifs is 1. The Morgan fingerprint density at radius 2 is 1.80 bits per heavy atom. The van der Waals surface area contributed by atoms with Gasteiger partial charge in [-0.25, -0.2) is 19.9 Å². The van der Waals surface area contributed by atoms with Gasteiger partial charge in [0.2, 0.25) is 11.9 Å². The van der Waals surface area contributed by atoms with Crippen LogP contribution in [-0.2, 0) is 4.79 Å². The van der Waals surface area contributed by atoms with E-state index in [0.29, 0.717) is 28.3 Å². The minimum Gasteiger partial charge on any atom is -0.323 e. The minimum absolute atomic E-state index is 0.0518. The summed E-state index contributed by atoms with van der Waals surface area (Å²) in [7, 11) is 0. The van der Waals surface area contributed by atoms with Crippen LogP contribution in [-0.4, -0.2) is 43.9 Å². The van der Waals surface area contributed by atoms with Gasteiger partial charge in [-0.15, -0.1) is 0 Å². The number of carbonyl (C=O) groups is 1. The van der Waals surface area contributed by atoms with Crippen molar-refractivity contribution in [1.82, 2.24) is 30.6 Å². The van der Waals surface area contributed by atoms with Gasteiger partial charge in [0.05, 0.1) is 11.2 Å². The molecular weight excluding hydrogens is 482 g/mol. The maximum Gasteiger partial charge on any atom is 0.226 e. The molecule has 1 fully saturated rings. The van der Waals surface area contributed by atoms with E-state index in [4.69, 9.17) is 16.6 Å². The molecule has 10 heteroatoms. The lowest BCUT2D eigenvalue weighted by Gasteiger charge is -2.31. The number of anilines is 1. The first-order chi connectivity index (χ1) is 16.9. The third-order valence-electron chi connectivity index (χ3n) is 5.49. The molecule has 2 atom stereocenters. The molecule has 2 aromatic heterocycles. The van der Waals surface area contributed by atoms with E-state index in [1.807, 2.05) is 62.4 Å². The Morgan fingerprint density at radius 3 is 2.57 bits per heavy atom. The number of hydrogen-bond donors (Lipinski definition) is 3. The SMILES string of the molecule is Cc1cc(C)nc(SCC2CC(=O)NC(Nc3nc(-c4ccccc4)c4cc(Cl)ccc4n3)N2)n1. The molecule has 0 saturated carbocycles. The fourth-order valence-electron chi connectivity index (χ4n) is 4.01. The van der Waals surface area contributed by atoms with Crippen LogP contribution in [0, 0.1) is 13.8 Å². The van der Waals surface area contributed by atoms with Crippen molar-refractivity contribution in [2.45, 2.75) is 37.8 Å². The summed E-state index contributed by atoms with van der Waals surface area (Å²) < 4.78 is 0. The Labute approximate surface area is 212 Å². The molecule has 1 amide bonds. The average molecular weight is 506 g/mol. The lowest BCUT2D eigenvalue weighted by atomic mass is 10.1. The Hall–Kier alpha value is -3.27. The normalized spacial score (nSPS) is 17.9. The van der Waals surface area contributed by atoms with Crippen LogP contribution in [0.4, 0.5) is 5.95 Å². The van der Waals surface area contributed by atoms with E-state index < -0.39 is 6.29 Å². The molecule has 3 heterocycles. The highest BCUT2D eigenvalue weighted by Gasteiger charge is 2.27. The molecule has 0 radical (unpaired) electrons. The smallest absolute Gasteiger partial charge is 0.226 e. The van der Waals surface area contributed by atoms with Crippen LogP contribution in [0.3, 0.4) is 0 Å². The van der Waals surface area contributed by atoms with Gasteiger partial charge in [-0.1, -0.05) is 53.7 Å². The second-order valence-corrected chi connectivity index (χ2v) is 9.80. The number of benzene rings is 2. The molecule has 0 bridgehead atoms. The van der Waals surface area contributed by atoms with Crippen LogP contribution in [0.2, 0.25) is 5.02 Å². The maximum atomic E-state index is 12.4. The van der Waals surface area contributed by atoms with Gasteiger partial charge in [0, 0.05) is 45.6 Å². The van der Waals surface area contributed by atoms with Crippen LogP contribution in [0.15, 0.2) is 59.8 Å². The largest absolute Gasteiger partial charge is 0.323 e. The number of thioether (sulfide) groups is 1. The van der Waals surface area contributed by atoms with Crippen LogP contribution in [0.5, 0.6) is 0 Å². The van der Waals surface area contributed by atoms with Crippen molar-refractivity contribution in [3.05, 3.63) is 71.0 Å². The number of nitrogens with zero attached hydrogens (tertiary/aromatic N) is 4. The first-order valence-corrected chi connectivity index (χ1v) is 12.6. The number of carbonyl (C=O) groups excluding carboxylic acids is 1. The fourth-order valence-corrected chi connectivity index (χ4v) is 5.16. The number of hydrogen-bond acceptors (Lipinski definition) is 8. The summed E-state index contributed by atoms with van der Waals surface area (Å²) in [6.45, 7) is 3.90. The standard InChI is InChI=1S/C25H24ClN7OS/c1-14-10-15(2)28-25(27-14)35-13-18-12-21(34)31-23(29-18)33-24-30-20-9-8-17(26)11-19(20)22(32-24)16-6-4-3-5-7-16/h3-11,18,23,29H,12-13H2,1-2H3,(H,31,34)(H,30,32,33). The molecule has 3 N–H and O–H groups in total. The van der Waals surface area contributed by atoms with Gasteiger partial charge in [-0.05, 0) is 38.1 Å². The molecule has 5 rings (SSSR count). The molecule has 2 unspecified atom stereocenters. The zero-order valence-corrected chi connectivity index (χ0v) is 20.8. The van der Waals surface area contributed by atoms with Crippen molar-refractivity contribution in [3.8, 4) is 11.3 Å². The average Bonchev–Trinajstić information content (AvgIpc) is 2.82. The van der Waals surface area contributed by atoms with Crippen molar-refractivity contribution in [3.63, 3.8) is 0 Å². The van der Waals surface area contributed by atoms with E-state index in [2.05, 4.69) is 30.9 Å². The summed E-state index contributed by atoms with van der Waals surface area (Å²) in [5, 5.41) is 11.8. The maximum absolute atomic E-state index is 12.4. The number of amides is 1. The molecule has 4 aromatic rings. The molecule has 2 aromatic carbocycles. The van der Waals surface area contributed by atoms with Crippen molar-refractivity contribution in [2.75, 3.05) is 11.1 Å². The summed E-state index contributed by atoms with van der Waals surface area (Å²) in [5.41, 5.74) is 4.33. The number of aryl methyl sites for hydroxylation is 2. The summed E-state index contributed by atoms with van der Waals surface area (Å²) in [6.07, 6.45) is -0.155. The van der Waals surface area contributed by atoms with E-state index in [1.165, 1.54) is 11.8 Å². The third-order valence-corrected chi connectivity index (χ3v) is 6.74. The van der Waals surface area contributed by atoms with Crippen LogP contribution >= 0.6 is 23.4 Å². The molecule has 1 aliphatic heterocycles. The number of halogens is 1. The molecule has 0 spiro atoms. The Bertz CT molecular complexity index is 1370. The van der Waals surface area contributed by atoms with E-state index in [-0.39, 0.29) is 11.9 Å². The summed E-state index contributed by atoms with van der Waals surface area (Å²) in [6, 6.07) is 17.3. The Kier molecular flexibility index (Phi) is 6.81. The lowest BCUT2D eigenvalue weighted by Crippen LogP contribution is -2.60. The van der Waals surface area contributed by atoms with Crippen LogP contribution in [0.1, 0.15) is 17.8 Å². The third kappa shape index (κ3) is 5.70. The first-order valence-electron chi connectivity index (χ1n) is 11.2. The summed E-state index contributed by atoms with van der Waals surface area (Å²) in [4.78, 5) is 30.8. The quantitative estimate of drug-likeness (QED) is 0.263. The summed E-state index contributed by atoms with van der Waals surface area (Å²) >= 11 is 7.79. The zero-order valence-electron chi connectivity index (χ0n) is 19.2. The monoisotopic (exact) mass is 505 g/mol. The minimum atomic E-state index is -0.518. The molecule has 1 aliphatic rings. The van der Waals surface area contributed by atoms with Gasteiger partial charge in [-0.2, -0.15) is 0 Å². The van der Waals surface area contributed by atoms with Crippen molar-refractivity contribution in [1.29, 1.82) is 0 Å². The van der Waals surface area contributed by atoms with Gasteiger partial charge >= 0.3 is 0 Å². The molecule has 1 saturated heterocycles. The van der Waals surface area contributed by atoms with Crippen LogP contribution < -0.4 is 16.0 Å². The van der Waals surface area contributed by atoms with Gasteiger partial charge in [0.25, 0.3) is 0 Å². The van der Waals surface area contributed by atoms with E-state index in [1.54, 1.807) is 6.07 Å². The molecule has 35 heavy (non-hydrogen) atoms. The molecule has 178 valence electrons. The second-order valence-electron chi connectivity index (χ2n) is 8.38. The number of aromatic nitrogens is 4. The second kappa shape index (κ2) is 10.2. The highest BCUT2D eigenvalue weighted by Crippen LogP contribution is 2.29. The number of rotatable bonds is 6. The van der Waals surface area contributed by atoms with E-state index >= 15 is 0 Å².